The smallest absolute Gasteiger partial charge is 0.279 e. The highest BCUT2D eigenvalue weighted by Gasteiger charge is 2.40. The third kappa shape index (κ3) is 4.27. The fourth-order valence-electron chi connectivity index (χ4n) is 2.33. The highest BCUT2D eigenvalue weighted by atomic mass is 79.9. The summed E-state index contributed by atoms with van der Waals surface area (Å²) in [6.45, 7) is 5.48. The van der Waals surface area contributed by atoms with E-state index in [1.54, 1.807) is 31.2 Å². The molecule has 0 fully saturated rings. The van der Waals surface area contributed by atoms with Crippen molar-refractivity contribution in [3.05, 3.63) is 70.8 Å². The van der Waals surface area contributed by atoms with E-state index in [-0.39, 0.29) is 0 Å². The summed E-state index contributed by atoms with van der Waals surface area (Å²) in [6, 6.07) is 14.1. The van der Waals surface area contributed by atoms with Gasteiger partial charge in [-0.15, -0.1) is 0 Å². The Labute approximate surface area is 155 Å². The maximum atomic E-state index is 12.8. The van der Waals surface area contributed by atoms with Crippen molar-refractivity contribution in [1.29, 1.82) is 0 Å². The van der Waals surface area contributed by atoms with Crippen LogP contribution in [0.2, 0.25) is 0 Å². The summed E-state index contributed by atoms with van der Waals surface area (Å²) >= 11 is 3.12. The molecule has 0 saturated carbocycles. The number of alkyl halides is 1. The van der Waals surface area contributed by atoms with Crippen LogP contribution in [0.25, 0.3) is 0 Å². The predicted octanol–water partition coefficient (Wildman–Crippen LogP) is 2.47. The summed E-state index contributed by atoms with van der Waals surface area (Å²) in [5, 5.41) is 11.3. The predicted molar refractivity (Wildman–Crippen MR) is 100 cm³/mol. The van der Waals surface area contributed by atoms with Gasteiger partial charge in [0.1, 0.15) is 0 Å². The molecule has 0 bridgehead atoms. The number of hydrogen-bond acceptors (Lipinski definition) is 3. The fourth-order valence-corrected chi connectivity index (χ4v) is 2.44. The average molecular weight is 405 g/mol. The highest BCUT2D eigenvalue weighted by molar-refractivity contribution is 9.10. The molecule has 2 rings (SSSR count). The van der Waals surface area contributed by atoms with E-state index >= 15 is 0 Å². The second kappa shape index (κ2) is 7.80. The average Bonchev–Trinajstić information content (AvgIpc) is 2.59. The van der Waals surface area contributed by atoms with Crippen LogP contribution in [0.1, 0.15) is 29.2 Å². The number of aryl methyl sites for hydroxylation is 2. The van der Waals surface area contributed by atoms with Crippen LogP contribution in [0.3, 0.4) is 0 Å². The molecule has 2 amide bonds. The molecule has 132 valence electrons. The number of hydrogen-bond donors (Lipinski definition) is 3. The Hall–Kier alpha value is -2.18. The van der Waals surface area contributed by atoms with Gasteiger partial charge in [0.2, 0.25) is 0 Å². The lowest BCUT2D eigenvalue weighted by atomic mass is 9.85. The molecule has 25 heavy (non-hydrogen) atoms. The minimum Gasteiger partial charge on any atom is -0.372 e. The van der Waals surface area contributed by atoms with E-state index < -0.39 is 22.2 Å². The van der Waals surface area contributed by atoms with E-state index in [4.69, 9.17) is 0 Å². The van der Waals surface area contributed by atoms with Crippen LogP contribution in [0.4, 0.5) is 0 Å². The van der Waals surface area contributed by atoms with Gasteiger partial charge in [0, 0.05) is 0 Å². The molecule has 2 aromatic carbocycles. The van der Waals surface area contributed by atoms with Crippen LogP contribution in [0.15, 0.2) is 48.5 Å². The molecule has 0 saturated heterocycles. The zero-order chi connectivity index (χ0) is 18.6. The maximum absolute atomic E-state index is 12.8. The molecule has 1 unspecified atom stereocenters. The normalized spacial score (nSPS) is 12.4. The monoisotopic (exact) mass is 404 g/mol. The molecule has 5 nitrogen and oxygen atoms in total. The van der Waals surface area contributed by atoms with E-state index in [9.17, 15) is 14.7 Å². The molecule has 0 radical (unpaired) electrons. The molecule has 2 aromatic rings. The summed E-state index contributed by atoms with van der Waals surface area (Å²) in [5.74, 6) is -1.15. The van der Waals surface area contributed by atoms with E-state index in [1.807, 2.05) is 38.1 Å². The summed E-state index contributed by atoms with van der Waals surface area (Å²) in [6.07, 6.45) is 0. The van der Waals surface area contributed by atoms with Crippen molar-refractivity contribution in [2.24, 2.45) is 0 Å². The zero-order valence-electron chi connectivity index (χ0n) is 14.3. The molecule has 0 aromatic heterocycles. The Morgan fingerprint density at radius 3 is 1.68 bits per heavy atom. The molecule has 6 heteroatoms. The van der Waals surface area contributed by atoms with Crippen LogP contribution in [-0.2, 0) is 15.2 Å². The Bertz CT molecular complexity index is 710. The maximum Gasteiger partial charge on any atom is 0.279 e. The third-order valence-electron chi connectivity index (χ3n) is 3.93. The van der Waals surface area contributed by atoms with Gasteiger partial charge in [-0.25, -0.2) is 0 Å². The fraction of sp³-hybridized carbons (Fsp3) is 0.263. The van der Waals surface area contributed by atoms with Crippen molar-refractivity contribution in [1.82, 2.24) is 10.9 Å². The summed E-state index contributed by atoms with van der Waals surface area (Å²) in [5.41, 5.74) is 5.55. The minimum atomic E-state index is -1.93. The van der Waals surface area contributed by atoms with Crippen LogP contribution in [-0.4, -0.2) is 21.7 Å². The number of hydrazine groups is 1. The molecule has 0 aliphatic heterocycles. The molecule has 0 heterocycles. The van der Waals surface area contributed by atoms with Gasteiger partial charge in [0.05, 0.1) is 4.83 Å². The van der Waals surface area contributed by atoms with Gasteiger partial charge >= 0.3 is 0 Å². The SMILES string of the molecule is Cc1ccc(C(O)(C(=O)NNC(=O)C(C)Br)c2ccc(C)cc2)cc1. The number of carbonyl (C=O) groups is 2. The van der Waals surface area contributed by atoms with Crippen LogP contribution < -0.4 is 10.9 Å². The first-order valence-electron chi connectivity index (χ1n) is 7.86. The first-order chi connectivity index (χ1) is 11.7. The summed E-state index contributed by atoms with van der Waals surface area (Å²) in [4.78, 5) is 24.0. The molecule has 0 aliphatic carbocycles. The number of benzene rings is 2. The Balaban J connectivity index is 2.41. The lowest BCUT2D eigenvalue weighted by Crippen LogP contribution is -2.53. The Kier molecular flexibility index (Phi) is 5.98. The quantitative estimate of drug-likeness (QED) is 0.540. The van der Waals surface area contributed by atoms with Crippen molar-refractivity contribution in [3.8, 4) is 0 Å². The van der Waals surface area contributed by atoms with Gasteiger partial charge in [-0.2, -0.15) is 0 Å². The summed E-state index contributed by atoms with van der Waals surface area (Å²) in [7, 11) is 0. The second-order valence-electron chi connectivity index (χ2n) is 6.00. The molecule has 3 N–H and O–H groups in total. The summed E-state index contributed by atoms with van der Waals surface area (Å²) < 4.78 is 0. The minimum absolute atomic E-state index is 0.413. The van der Waals surface area contributed by atoms with Crippen molar-refractivity contribution in [2.45, 2.75) is 31.2 Å². The van der Waals surface area contributed by atoms with Gasteiger partial charge in [0.15, 0.2) is 5.60 Å². The number of rotatable bonds is 4. The van der Waals surface area contributed by atoms with E-state index in [0.29, 0.717) is 11.1 Å². The van der Waals surface area contributed by atoms with Crippen molar-refractivity contribution < 1.29 is 14.7 Å². The van der Waals surface area contributed by atoms with Gasteiger partial charge in [-0.05, 0) is 31.9 Å². The van der Waals surface area contributed by atoms with Crippen molar-refractivity contribution in [2.75, 3.05) is 0 Å². The molecule has 0 aliphatic rings. The molecule has 0 spiro atoms. The number of halogens is 1. The van der Waals surface area contributed by atoms with Gasteiger partial charge < -0.3 is 5.11 Å². The van der Waals surface area contributed by atoms with E-state index in [0.717, 1.165) is 11.1 Å². The molecule has 1 atom stereocenters. The highest BCUT2D eigenvalue weighted by Crippen LogP contribution is 2.30. The number of aliphatic hydroxyl groups is 1. The van der Waals surface area contributed by atoms with Gasteiger partial charge in [-0.1, -0.05) is 75.6 Å². The molecular formula is C19H21BrN2O3. The van der Waals surface area contributed by atoms with E-state index in [2.05, 4.69) is 26.8 Å². The zero-order valence-corrected chi connectivity index (χ0v) is 15.9. The largest absolute Gasteiger partial charge is 0.372 e. The van der Waals surface area contributed by atoms with Gasteiger partial charge in [-0.3, -0.25) is 20.4 Å². The van der Waals surface area contributed by atoms with Crippen LogP contribution >= 0.6 is 15.9 Å². The van der Waals surface area contributed by atoms with E-state index in [1.165, 1.54) is 0 Å². The number of carbonyl (C=O) groups excluding carboxylic acids is 2. The second-order valence-corrected chi connectivity index (χ2v) is 7.38. The Morgan fingerprint density at radius 2 is 1.32 bits per heavy atom. The number of nitrogens with one attached hydrogen (secondary N) is 2. The lowest BCUT2D eigenvalue weighted by Gasteiger charge is -2.28. The molecular weight excluding hydrogens is 384 g/mol. The Morgan fingerprint density at radius 1 is 0.920 bits per heavy atom. The van der Waals surface area contributed by atoms with Crippen molar-refractivity contribution in [3.63, 3.8) is 0 Å². The standard InChI is InChI=1S/C19H21BrN2O3/c1-12-4-8-15(9-5-12)19(25,16-10-6-13(2)7-11-16)18(24)22-21-17(23)14(3)20/h4-11,14,25H,1-3H3,(H,21,23)(H,22,24). The van der Waals surface area contributed by atoms with Gasteiger partial charge in [0.25, 0.3) is 11.8 Å². The number of amides is 2. The lowest BCUT2D eigenvalue weighted by molar-refractivity contribution is -0.140. The van der Waals surface area contributed by atoms with Crippen LogP contribution in [0.5, 0.6) is 0 Å². The topological polar surface area (TPSA) is 78.4 Å². The third-order valence-corrected chi connectivity index (χ3v) is 4.34. The first kappa shape index (κ1) is 19.1. The van der Waals surface area contributed by atoms with Crippen molar-refractivity contribution >= 4 is 27.7 Å². The first-order valence-corrected chi connectivity index (χ1v) is 8.77. The van der Waals surface area contributed by atoms with Crippen LogP contribution in [0, 0.1) is 13.8 Å².